The van der Waals surface area contributed by atoms with E-state index in [0.717, 1.165) is 5.56 Å². The maximum Gasteiger partial charge on any atom is 0.275 e. The molecule has 0 saturated carbocycles. The van der Waals surface area contributed by atoms with Crippen molar-refractivity contribution in [1.82, 2.24) is 20.5 Å². The van der Waals surface area contributed by atoms with Gasteiger partial charge in [-0.15, -0.1) is 10.2 Å². The van der Waals surface area contributed by atoms with Crippen molar-refractivity contribution in [2.24, 2.45) is 5.92 Å². The van der Waals surface area contributed by atoms with Gasteiger partial charge in [0.2, 0.25) is 5.91 Å². The molecule has 0 aliphatic rings. The molecule has 0 aliphatic carbocycles. The molecule has 1 aromatic carbocycles. The lowest BCUT2D eigenvalue weighted by molar-refractivity contribution is -0.122. The molecule has 116 valence electrons. The van der Waals surface area contributed by atoms with Crippen LogP contribution in [0.15, 0.2) is 35.1 Å². The molecule has 1 aromatic heterocycles. The van der Waals surface area contributed by atoms with Crippen LogP contribution < -0.4 is 10.9 Å². The van der Waals surface area contributed by atoms with Crippen LogP contribution in [0.1, 0.15) is 38.9 Å². The third-order valence-corrected chi connectivity index (χ3v) is 3.15. The molecule has 1 unspecified atom stereocenters. The number of benzene rings is 1. The Morgan fingerprint density at radius 3 is 2.45 bits per heavy atom. The van der Waals surface area contributed by atoms with Gasteiger partial charge in [-0.25, -0.2) is 0 Å². The summed E-state index contributed by atoms with van der Waals surface area (Å²) in [5.41, 5.74) is 0.651. The SMILES string of the molecule is CC(C)CC(=O)NC(C)c1nnc(-c2ccccc2)[nH]c1=O. The predicted octanol–water partition coefficient (Wildman–Crippen LogP) is 2.06. The number of amides is 1. The standard InChI is InChI=1S/C16H20N4O2/c1-10(2)9-13(21)17-11(3)14-16(22)18-15(20-19-14)12-7-5-4-6-8-12/h4-8,10-11H,9H2,1-3H3,(H,17,21)(H,18,20,22). The van der Waals surface area contributed by atoms with Gasteiger partial charge in [0.25, 0.3) is 5.56 Å². The Labute approximate surface area is 129 Å². The first-order chi connectivity index (χ1) is 10.5. The van der Waals surface area contributed by atoms with Crippen LogP contribution >= 0.6 is 0 Å². The smallest absolute Gasteiger partial charge is 0.275 e. The van der Waals surface area contributed by atoms with Crippen LogP contribution in [0.4, 0.5) is 0 Å². The maximum absolute atomic E-state index is 12.1. The van der Waals surface area contributed by atoms with E-state index in [9.17, 15) is 9.59 Å². The molecule has 2 rings (SSSR count). The Morgan fingerprint density at radius 2 is 1.86 bits per heavy atom. The van der Waals surface area contributed by atoms with E-state index in [1.807, 2.05) is 44.2 Å². The average molecular weight is 300 g/mol. The first-order valence-corrected chi connectivity index (χ1v) is 7.29. The normalized spacial score (nSPS) is 12.2. The summed E-state index contributed by atoms with van der Waals surface area (Å²) < 4.78 is 0. The van der Waals surface area contributed by atoms with Gasteiger partial charge in [0.15, 0.2) is 11.5 Å². The minimum absolute atomic E-state index is 0.101. The number of rotatable bonds is 5. The molecule has 22 heavy (non-hydrogen) atoms. The third-order valence-electron chi connectivity index (χ3n) is 3.15. The molecular weight excluding hydrogens is 280 g/mol. The summed E-state index contributed by atoms with van der Waals surface area (Å²) in [6.45, 7) is 5.65. The monoisotopic (exact) mass is 300 g/mol. The van der Waals surface area contributed by atoms with Crippen molar-refractivity contribution < 1.29 is 4.79 Å². The summed E-state index contributed by atoms with van der Waals surface area (Å²) >= 11 is 0. The highest BCUT2D eigenvalue weighted by atomic mass is 16.2. The van der Waals surface area contributed by atoms with E-state index >= 15 is 0 Å². The topological polar surface area (TPSA) is 87.7 Å². The van der Waals surface area contributed by atoms with Gasteiger partial charge in [-0.1, -0.05) is 44.2 Å². The fourth-order valence-corrected chi connectivity index (χ4v) is 2.09. The fourth-order valence-electron chi connectivity index (χ4n) is 2.09. The minimum Gasteiger partial charge on any atom is -0.348 e. The highest BCUT2D eigenvalue weighted by Crippen LogP contribution is 2.12. The molecule has 2 N–H and O–H groups in total. The zero-order valence-electron chi connectivity index (χ0n) is 13.0. The molecule has 0 bridgehead atoms. The number of hydrogen-bond donors (Lipinski definition) is 2. The number of nitrogens with zero attached hydrogens (tertiary/aromatic N) is 2. The molecular formula is C16H20N4O2. The van der Waals surface area contributed by atoms with Gasteiger partial charge in [-0.05, 0) is 12.8 Å². The zero-order valence-corrected chi connectivity index (χ0v) is 13.0. The summed E-state index contributed by atoms with van der Waals surface area (Å²) in [4.78, 5) is 26.6. The fraction of sp³-hybridized carbons (Fsp3) is 0.375. The van der Waals surface area contributed by atoms with E-state index in [1.54, 1.807) is 6.92 Å². The van der Waals surface area contributed by atoms with Crippen molar-refractivity contribution in [3.05, 3.63) is 46.4 Å². The van der Waals surface area contributed by atoms with Gasteiger partial charge in [0, 0.05) is 12.0 Å². The molecule has 0 spiro atoms. The van der Waals surface area contributed by atoms with Crippen molar-refractivity contribution in [2.75, 3.05) is 0 Å². The van der Waals surface area contributed by atoms with Crippen LogP contribution in [0, 0.1) is 5.92 Å². The molecule has 1 amide bonds. The van der Waals surface area contributed by atoms with E-state index in [1.165, 1.54) is 0 Å². The first kappa shape index (κ1) is 15.9. The van der Waals surface area contributed by atoms with E-state index < -0.39 is 6.04 Å². The molecule has 0 radical (unpaired) electrons. The lowest BCUT2D eigenvalue weighted by atomic mass is 10.1. The molecule has 1 heterocycles. The van der Waals surface area contributed by atoms with E-state index in [0.29, 0.717) is 12.2 Å². The molecule has 0 saturated heterocycles. The quantitative estimate of drug-likeness (QED) is 0.884. The molecule has 6 heteroatoms. The summed E-state index contributed by atoms with van der Waals surface area (Å²) in [5.74, 6) is 0.572. The molecule has 0 aliphatic heterocycles. The number of H-pyrrole nitrogens is 1. The Kier molecular flexibility index (Phi) is 5.04. The van der Waals surface area contributed by atoms with Gasteiger partial charge >= 0.3 is 0 Å². The van der Waals surface area contributed by atoms with Crippen molar-refractivity contribution in [3.8, 4) is 11.4 Å². The van der Waals surface area contributed by atoms with Crippen LogP contribution in [-0.4, -0.2) is 21.1 Å². The number of carbonyl (C=O) groups is 1. The van der Waals surface area contributed by atoms with E-state index in [4.69, 9.17) is 0 Å². The van der Waals surface area contributed by atoms with Crippen LogP contribution in [0.25, 0.3) is 11.4 Å². The molecule has 0 fully saturated rings. The Bertz CT molecular complexity index is 695. The summed E-state index contributed by atoms with van der Waals surface area (Å²) in [6.07, 6.45) is 0.414. The van der Waals surface area contributed by atoms with Crippen LogP contribution in [0.2, 0.25) is 0 Å². The number of nitrogens with one attached hydrogen (secondary N) is 2. The second-order valence-corrected chi connectivity index (χ2v) is 5.64. The number of carbonyl (C=O) groups excluding carboxylic acids is 1. The van der Waals surface area contributed by atoms with Crippen molar-refractivity contribution in [3.63, 3.8) is 0 Å². The first-order valence-electron chi connectivity index (χ1n) is 7.29. The Morgan fingerprint density at radius 1 is 1.18 bits per heavy atom. The Balaban J connectivity index is 2.16. The lowest BCUT2D eigenvalue weighted by Gasteiger charge is -2.13. The number of hydrogen-bond acceptors (Lipinski definition) is 4. The van der Waals surface area contributed by atoms with Crippen molar-refractivity contribution in [2.45, 2.75) is 33.2 Å². The van der Waals surface area contributed by atoms with Gasteiger partial charge in [0.05, 0.1) is 6.04 Å². The molecule has 1 atom stereocenters. The van der Waals surface area contributed by atoms with Crippen LogP contribution in [0.5, 0.6) is 0 Å². The molecule has 6 nitrogen and oxygen atoms in total. The van der Waals surface area contributed by atoms with Gasteiger partial charge in [0.1, 0.15) is 0 Å². The largest absolute Gasteiger partial charge is 0.348 e. The van der Waals surface area contributed by atoms with Crippen molar-refractivity contribution in [1.29, 1.82) is 0 Å². The van der Waals surface area contributed by atoms with E-state index in [2.05, 4.69) is 20.5 Å². The minimum atomic E-state index is -0.479. The average Bonchev–Trinajstić information content (AvgIpc) is 2.46. The highest BCUT2D eigenvalue weighted by molar-refractivity contribution is 5.76. The zero-order chi connectivity index (χ0) is 16.1. The molecule has 2 aromatic rings. The van der Waals surface area contributed by atoms with Crippen LogP contribution in [0.3, 0.4) is 0 Å². The van der Waals surface area contributed by atoms with E-state index in [-0.39, 0.29) is 23.1 Å². The second kappa shape index (κ2) is 6.98. The summed E-state index contributed by atoms with van der Waals surface area (Å²) in [6, 6.07) is 8.81. The predicted molar refractivity (Wildman–Crippen MR) is 84.1 cm³/mol. The third kappa shape index (κ3) is 4.00. The summed E-state index contributed by atoms with van der Waals surface area (Å²) in [7, 11) is 0. The van der Waals surface area contributed by atoms with Crippen LogP contribution in [-0.2, 0) is 4.79 Å². The van der Waals surface area contributed by atoms with Gasteiger partial charge in [-0.2, -0.15) is 0 Å². The number of aromatic amines is 1. The maximum atomic E-state index is 12.1. The highest BCUT2D eigenvalue weighted by Gasteiger charge is 2.16. The van der Waals surface area contributed by atoms with Crippen molar-refractivity contribution >= 4 is 5.91 Å². The van der Waals surface area contributed by atoms with Gasteiger partial charge < -0.3 is 10.3 Å². The number of aromatic nitrogens is 3. The summed E-state index contributed by atoms with van der Waals surface area (Å²) in [5, 5.41) is 10.8. The lowest BCUT2D eigenvalue weighted by Crippen LogP contribution is -2.32. The second-order valence-electron chi connectivity index (χ2n) is 5.64. The Hall–Kier alpha value is -2.50. The van der Waals surface area contributed by atoms with Gasteiger partial charge in [-0.3, -0.25) is 9.59 Å².